The molecule has 0 unspecified atom stereocenters. The largest absolute Gasteiger partial charge is 0.426 e. The first-order chi connectivity index (χ1) is 16.7. The number of fused-ring (bicyclic) bond motifs is 1. The molecular formula is C26H26ClN3O4S. The summed E-state index contributed by atoms with van der Waals surface area (Å²) in [5.41, 5.74) is 4.52. The Hall–Kier alpha value is -3.36. The molecule has 4 aromatic rings. The predicted molar refractivity (Wildman–Crippen MR) is 138 cm³/mol. The summed E-state index contributed by atoms with van der Waals surface area (Å²) in [5, 5.41) is 0.674. The molecule has 0 saturated heterocycles. The highest BCUT2D eigenvalue weighted by atomic mass is 35.5. The van der Waals surface area contributed by atoms with Gasteiger partial charge in [0.05, 0.1) is 17.3 Å². The number of benzene rings is 3. The second-order valence-corrected chi connectivity index (χ2v) is 10.5. The van der Waals surface area contributed by atoms with Gasteiger partial charge in [-0.3, -0.25) is 0 Å². The van der Waals surface area contributed by atoms with E-state index in [9.17, 15) is 13.2 Å². The molecule has 0 aliphatic carbocycles. The van der Waals surface area contributed by atoms with Gasteiger partial charge < -0.3 is 9.30 Å². The van der Waals surface area contributed by atoms with E-state index in [1.54, 1.807) is 12.1 Å². The van der Waals surface area contributed by atoms with Crippen LogP contribution in [0.15, 0.2) is 66.7 Å². The molecule has 7 nitrogen and oxygen atoms in total. The number of hydrogen-bond acceptors (Lipinski definition) is 5. The van der Waals surface area contributed by atoms with Crippen LogP contribution in [0.25, 0.3) is 22.2 Å². The van der Waals surface area contributed by atoms with E-state index in [1.807, 2.05) is 59.3 Å². The van der Waals surface area contributed by atoms with E-state index in [-0.39, 0.29) is 5.75 Å². The monoisotopic (exact) mass is 511 g/mol. The van der Waals surface area contributed by atoms with Crippen molar-refractivity contribution in [3.05, 3.63) is 83.1 Å². The molecule has 0 fully saturated rings. The minimum Gasteiger partial charge on any atom is -0.409 e. The van der Waals surface area contributed by atoms with Gasteiger partial charge in [0, 0.05) is 23.6 Å². The Balaban J connectivity index is 1.60. The Morgan fingerprint density at radius 2 is 1.83 bits per heavy atom. The summed E-state index contributed by atoms with van der Waals surface area (Å²) in [5.74, 6) is 1.29. The van der Waals surface area contributed by atoms with E-state index >= 15 is 0 Å². The van der Waals surface area contributed by atoms with Gasteiger partial charge in [-0.15, -0.1) is 0 Å². The Labute approximate surface area is 209 Å². The molecule has 0 bridgehead atoms. The number of imidazole rings is 1. The van der Waals surface area contributed by atoms with Gasteiger partial charge in [0.15, 0.2) is 0 Å². The molecular weight excluding hydrogens is 486 g/mol. The molecule has 3 aromatic carbocycles. The zero-order chi connectivity index (χ0) is 25.0. The summed E-state index contributed by atoms with van der Waals surface area (Å²) in [6.07, 6.45) is 2.87. The number of halogens is 1. The van der Waals surface area contributed by atoms with Gasteiger partial charge in [0.1, 0.15) is 11.6 Å². The maximum atomic E-state index is 12.0. The van der Waals surface area contributed by atoms with Crippen LogP contribution >= 0.6 is 11.6 Å². The first kappa shape index (κ1) is 24.8. The zero-order valence-corrected chi connectivity index (χ0v) is 21.1. The highest BCUT2D eigenvalue weighted by Crippen LogP contribution is 2.31. The van der Waals surface area contributed by atoms with E-state index in [2.05, 4.69) is 11.5 Å². The minimum atomic E-state index is -3.72. The molecule has 1 aromatic heterocycles. The number of sulfonamides is 1. The summed E-state index contributed by atoms with van der Waals surface area (Å²) >= 11 is 6.27. The summed E-state index contributed by atoms with van der Waals surface area (Å²) in [4.78, 5) is 16.8. The number of carbonyl (C=O) groups is 1. The van der Waals surface area contributed by atoms with Gasteiger partial charge in [-0.25, -0.2) is 22.9 Å². The third-order valence-corrected chi connectivity index (χ3v) is 6.28. The number of nitrogens with one attached hydrogen (secondary N) is 1. The molecule has 0 aliphatic heterocycles. The number of carbonyl (C=O) groups excluding carboxylic acids is 1. The quantitative estimate of drug-likeness (QED) is 0.323. The fourth-order valence-corrected chi connectivity index (χ4v) is 4.40. The van der Waals surface area contributed by atoms with E-state index < -0.39 is 16.1 Å². The molecule has 0 radical (unpaired) electrons. The Kier molecular flexibility index (Phi) is 7.42. The molecule has 0 spiro atoms. The van der Waals surface area contributed by atoms with Crippen molar-refractivity contribution in [2.75, 3.05) is 6.26 Å². The average Bonchev–Trinajstić information content (AvgIpc) is 3.14. The van der Waals surface area contributed by atoms with E-state index in [4.69, 9.17) is 21.3 Å². The van der Waals surface area contributed by atoms with Crippen molar-refractivity contribution in [1.82, 2.24) is 14.3 Å². The molecule has 9 heteroatoms. The van der Waals surface area contributed by atoms with Crippen LogP contribution in [0.4, 0.5) is 4.79 Å². The summed E-state index contributed by atoms with van der Waals surface area (Å²) in [7, 11) is -3.72. The fraction of sp³-hybridized carbons (Fsp3) is 0.231. The molecule has 1 heterocycles. The Morgan fingerprint density at radius 1 is 1.09 bits per heavy atom. The van der Waals surface area contributed by atoms with Crippen molar-refractivity contribution >= 4 is 38.8 Å². The summed E-state index contributed by atoms with van der Waals surface area (Å²) in [6.45, 7) is 2.81. The standard InChI is InChI=1S/C26H26ClN3O4S/c1-3-4-9-25-28-22-15-14-20(27)16-23(22)30(25)17-18-10-12-19(13-11-18)21-7-5-6-8-24(21)34-26(31)29-35(2,32)33/h5-8,10-16H,3-4,9,17H2,1-2H3,(H,29,31). The first-order valence-corrected chi connectivity index (χ1v) is 13.5. The molecule has 1 amide bonds. The maximum Gasteiger partial charge on any atom is 0.426 e. The molecule has 0 atom stereocenters. The highest BCUT2D eigenvalue weighted by molar-refractivity contribution is 7.89. The SMILES string of the molecule is CCCCc1nc2ccc(Cl)cc2n1Cc1ccc(-c2ccccc2OC(=O)NS(C)(=O)=O)cc1. The number of amides is 1. The number of ether oxygens (including phenoxy) is 1. The van der Waals surface area contributed by atoms with Gasteiger partial charge in [-0.1, -0.05) is 67.4 Å². The van der Waals surface area contributed by atoms with Gasteiger partial charge in [-0.2, -0.15) is 0 Å². The molecule has 0 saturated carbocycles. The van der Waals surface area contributed by atoms with Crippen LogP contribution in [0.1, 0.15) is 31.2 Å². The lowest BCUT2D eigenvalue weighted by molar-refractivity contribution is 0.207. The van der Waals surface area contributed by atoms with Gasteiger partial charge in [-0.05, 0) is 41.8 Å². The number of para-hydroxylation sites is 1. The summed E-state index contributed by atoms with van der Waals surface area (Å²) in [6, 6.07) is 20.7. The topological polar surface area (TPSA) is 90.3 Å². The molecule has 1 N–H and O–H groups in total. The number of hydrogen-bond donors (Lipinski definition) is 1. The van der Waals surface area contributed by atoms with Crippen molar-refractivity contribution in [2.24, 2.45) is 0 Å². The smallest absolute Gasteiger partial charge is 0.409 e. The molecule has 35 heavy (non-hydrogen) atoms. The zero-order valence-electron chi connectivity index (χ0n) is 19.5. The van der Waals surface area contributed by atoms with Crippen LogP contribution in [0.5, 0.6) is 5.75 Å². The number of nitrogens with zero attached hydrogens (tertiary/aromatic N) is 2. The second kappa shape index (κ2) is 10.5. The lowest BCUT2D eigenvalue weighted by Gasteiger charge is -2.12. The number of aromatic nitrogens is 2. The molecule has 182 valence electrons. The third-order valence-electron chi connectivity index (χ3n) is 5.51. The number of rotatable bonds is 8. The molecule has 0 aliphatic rings. The number of unbranched alkanes of at least 4 members (excludes halogenated alkanes) is 1. The normalized spacial score (nSPS) is 11.5. The van der Waals surface area contributed by atoms with Crippen LogP contribution in [0.3, 0.4) is 0 Å². The van der Waals surface area contributed by atoms with Crippen molar-refractivity contribution in [3.8, 4) is 16.9 Å². The van der Waals surface area contributed by atoms with Gasteiger partial charge in [0.25, 0.3) is 0 Å². The first-order valence-electron chi connectivity index (χ1n) is 11.3. The highest BCUT2D eigenvalue weighted by Gasteiger charge is 2.15. The van der Waals surface area contributed by atoms with E-state index in [0.717, 1.165) is 53.5 Å². The number of aryl methyl sites for hydroxylation is 1. The van der Waals surface area contributed by atoms with Crippen LogP contribution in [-0.2, 0) is 23.0 Å². The Bertz CT molecular complexity index is 1460. The van der Waals surface area contributed by atoms with E-state index in [0.29, 0.717) is 17.1 Å². The van der Waals surface area contributed by atoms with E-state index in [1.165, 1.54) is 0 Å². The van der Waals surface area contributed by atoms with Crippen molar-refractivity contribution < 1.29 is 17.9 Å². The third kappa shape index (κ3) is 6.21. The molecule has 4 rings (SSSR count). The van der Waals surface area contributed by atoms with Crippen molar-refractivity contribution in [2.45, 2.75) is 32.7 Å². The van der Waals surface area contributed by atoms with Gasteiger partial charge in [0.2, 0.25) is 10.0 Å². The van der Waals surface area contributed by atoms with Crippen LogP contribution in [0.2, 0.25) is 5.02 Å². The Morgan fingerprint density at radius 3 is 2.54 bits per heavy atom. The maximum absolute atomic E-state index is 12.0. The summed E-state index contributed by atoms with van der Waals surface area (Å²) < 4.78 is 31.9. The predicted octanol–water partition coefficient (Wildman–Crippen LogP) is 5.80. The lowest BCUT2D eigenvalue weighted by Crippen LogP contribution is -2.32. The van der Waals surface area contributed by atoms with Crippen LogP contribution in [0, 0.1) is 0 Å². The van der Waals surface area contributed by atoms with Crippen LogP contribution in [-0.4, -0.2) is 30.3 Å². The van der Waals surface area contributed by atoms with Crippen LogP contribution < -0.4 is 9.46 Å². The fourth-order valence-electron chi connectivity index (χ4n) is 3.89. The lowest BCUT2D eigenvalue weighted by atomic mass is 10.0. The minimum absolute atomic E-state index is 0.262. The second-order valence-electron chi connectivity index (χ2n) is 8.31. The average molecular weight is 512 g/mol. The van der Waals surface area contributed by atoms with Gasteiger partial charge >= 0.3 is 6.09 Å². The van der Waals surface area contributed by atoms with Crippen molar-refractivity contribution in [3.63, 3.8) is 0 Å². The van der Waals surface area contributed by atoms with Crippen molar-refractivity contribution in [1.29, 1.82) is 0 Å².